The first-order chi connectivity index (χ1) is 6.07. The van der Waals surface area contributed by atoms with Crippen LogP contribution < -0.4 is 0 Å². The highest BCUT2D eigenvalue weighted by molar-refractivity contribution is 8.11. The molecule has 1 aliphatic rings. The largest absolute Gasteiger partial charge is 0.300 e. The maximum Gasteiger partial charge on any atom is 0.300 e. The van der Waals surface area contributed by atoms with E-state index >= 15 is 0 Å². The number of hydrogen-bond acceptors (Lipinski definition) is 3. The van der Waals surface area contributed by atoms with Crippen LogP contribution in [-0.4, -0.2) is 19.3 Å². The summed E-state index contributed by atoms with van der Waals surface area (Å²) in [5.74, 6) is 0. The van der Waals surface area contributed by atoms with E-state index in [1.807, 2.05) is 11.4 Å². The van der Waals surface area contributed by atoms with Crippen LogP contribution in [0.5, 0.6) is 0 Å². The molecule has 0 amide bonds. The molecular weight excluding hydrogens is 230 g/mol. The van der Waals surface area contributed by atoms with Gasteiger partial charge >= 0.3 is 0 Å². The van der Waals surface area contributed by atoms with Gasteiger partial charge in [0.1, 0.15) is 0 Å². The van der Waals surface area contributed by atoms with Gasteiger partial charge in [0, 0.05) is 28.6 Å². The monoisotopic (exact) mass is 237 g/mol. The van der Waals surface area contributed by atoms with Crippen LogP contribution in [0.2, 0.25) is 0 Å². The molecule has 0 spiro atoms. The van der Waals surface area contributed by atoms with Gasteiger partial charge in [0.15, 0.2) is 0 Å². The van der Waals surface area contributed by atoms with Gasteiger partial charge in [0.2, 0.25) is 0 Å². The number of rotatable bonds is 1. The van der Waals surface area contributed by atoms with Crippen molar-refractivity contribution in [2.75, 3.05) is 6.54 Å². The van der Waals surface area contributed by atoms with Gasteiger partial charge in [0.05, 0.1) is 0 Å². The Morgan fingerprint density at radius 1 is 1.54 bits per heavy atom. The molecule has 1 aliphatic heterocycles. The molecular formula is C7H8ClNO2S2. The lowest BCUT2D eigenvalue weighted by atomic mass is 10.1. The second-order valence-electron chi connectivity index (χ2n) is 2.89. The van der Waals surface area contributed by atoms with E-state index in [1.165, 1.54) is 9.87 Å². The smallest absolute Gasteiger partial charge is 0.195 e. The number of nitrogens with zero attached hydrogens (tertiary/aromatic N) is 1. The fourth-order valence-corrected chi connectivity index (χ4v) is 3.38. The number of thiophene rings is 1. The highest BCUT2D eigenvalue weighted by Crippen LogP contribution is 2.26. The standard InChI is InChI=1S/C7H8ClNO2S2/c8-13(10,11)9-3-1-6-2-4-12-7(6)5-9/h2,4H,1,3,5H2. The highest BCUT2D eigenvalue weighted by Gasteiger charge is 2.25. The van der Waals surface area contributed by atoms with Gasteiger partial charge in [-0.05, 0) is 23.4 Å². The molecule has 0 N–H and O–H groups in total. The summed E-state index contributed by atoms with van der Waals surface area (Å²) < 4.78 is 23.3. The molecule has 0 aliphatic carbocycles. The number of hydrogen-bond donors (Lipinski definition) is 0. The van der Waals surface area contributed by atoms with Crippen molar-refractivity contribution in [1.82, 2.24) is 4.31 Å². The second kappa shape index (κ2) is 3.24. The molecule has 0 saturated carbocycles. The van der Waals surface area contributed by atoms with Crippen molar-refractivity contribution >= 4 is 31.3 Å². The topological polar surface area (TPSA) is 37.4 Å². The molecule has 0 unspecified atom stereocenters. The maximum atomic E-state index is 11.0. The average Bonchev–Trinajstić information content (AvgIpc) is 2.47. The molecule has 13 heavy (non-hydrogen) atoms. The Balaban J connectivity index is 2.27. The van der Waals surface area contributed by atoms with Crippen molar-refractivity contribution in [1.29, 1.82) is 0 Å². The van der Waals surface area contributed by atoms with Crippen molar-refractivity contribution < 1.29 is 8.42 Å². The summed E-state index contributed by atoms with van der Waals surface area (Å²) in [4.78, 5) is 1.11. The fraction of sp³-hybridized carbons (Fsp3) is 0.429. The minimum atomic E-state index is -3.53. The summed E-state index contributed by atoms with van der Waals surface area (Å²) in [5.41, 5.74) is 1.25. The first-order valence-electron chi connectivity index (χ1n) is 3.82. The van der Waals surface area contributed by atoms with Gasteiger partial charge < -0.3 is 0 Å². The predicted octanol–water partition coefficient (Wildman–Crippen LogP) is 1.59. The quantitative estimate of drug-likeness (QED) is 0.696. The van der Waals surface area contributed by atoms with Crippen molar-refractivity contribution in [2.45, 2.75) is 13.0 Å². The Bertz CT molecular complexity index is 412. The van der Waals surface area contributed by atoms with E-state index in [9.17, 15) is 8.42 Å². The zero-order valence-corrected chi connectivity index (χ0v) is 9.12. The molecule has 1 aromatic rings. The molecule has 0 aromatic carbocycles. The van der Waals surface area contributed by atoms with Crippen LogP contribution >= 0.6 is 22.0 Å². The van der Waals surface area contributed by atoms with Crippen LogP contribution in [-0.2, 0) is 22.2 Å². The number of fused-ring (bicyclic) bond motifs is 1. The summed E-state index contributed by atoms with van der Waals surface area (Å²) in [5, 5.41) is 1.98. The SMILES string of the molecule is O=S(=O)(Cl)N1CCc2ccsc2C1. The summed E-state index contributed by atoms with van der Waals surface area (Å²) in [6.45, 7) is 0.925. The molecule has 1 aromatic heterocycles. The molecule has 0 saturated heterocycles. The van der Waals surface area contributed by atoms with Crippen molar-refractivity contribution in [3.63, 3.8) is 0 Å². The normalized spacial score (nSPS) is 18.5. The molecule has 6 heteroatoms. The Kier molecular flexibility index (Phi) is 2.35. The van der Waals surface area contributed by atoms with Crippen LogP contribution in [0.4, 0.5) is 0 Å². The molecule has 0 fully saturated rings. The van der Waals surface area contributed by atoms with E-state index in [-0.39, 0.29) is 0 Å². The van der Waals surface area contributed by atoms with Gasteiger partial charge in [-0.2, -0.15) is 12.7 Å². The van der Waals surface area contributed by atoms with E-state index < -0.39 is 9.24 Å². The predicted molar refractivity (Wildman–Crippen MR) is 53.2 cm³/mol. The summed E-state index contributed by atoms with van der Waals surface area (Å²) in [6.07, 6.45) is 0.769. The van der Waals surface area contributed by atoms with Crippen LogP contribution in [0, 0.1) is 0 Å². The highest BCUT2D eigenvalue weighted by atomic mass is 35.7. The molecule has 0 bridgehead atoms. The third kappa shape index (κ3) is 1.88. The van der Waals surface area contributed by atoms with Gasteiger partial charge in [-0.25, -0.2) is 0 Å². The summed E-state index contributed by atoms with van der Waals surface area (Å²) >= 11 is 1.58. The van der Waals surface area contributed by atoms with Gasteiger partial charge in [0.25, 0.3) is 9.24 Å². The lowest BCUT2D eigenvalue weighted by molar-refractivity contribution is 0.405. The van der Waals surface area contributed by atoms with Crippen LogP contribution in [0.25, 0.3) is 0 Å². The second-order valence-corrected chi connectivity index (χ2v) is 6.41. The molecule has 0 atom stereocenters. The molecule has 72 valence electrons. The fourth-order valence-electron chi connectivity index (χ4n) is 1.40. The Morgan fingerprint density at radius 2 is 2.31 bits per heavy atom. The zero-order chi connectivity index (χ0) is 9.47. The lowest BCUT2D eigenvalue weighted by Crippen LogP contribution is -2.32. The average molecular weight is 238 g/mol. The Labute approximate surface area is 85.5 Å². The van der Waals surface area contributed by atoms with Gasteiger partial charge in [-0.15, -0.1) is 11.3 Å². The van der Waals surface area contributed by atoms with Crippen LogP contribution in [0.1, 0.15) is 10.4 Å². The Hall–Kier alpha value is -0.100. The summed E-state index contributed by atoms with van der Waals surface area (Å²) in [7, 11) is 1.71. The third-order valence-corrected chi connectivity index (χ3v) is 4.56. The maximum absolute atomic E-state index is 11.0. The van der Waals surface area contributed by atoms with E-state index in [0.29, 0.717) is 13.1 Å². The zero-order valence-electron chi connectivity index (χ0n) is 6.73. The molecule has 2 rings (SSSR count). The van der Waals surface area contributed by atoms with Crippen LogP contribution in [0.15, 0.2) is 11.4 Å². The first kappa shape index (κ1) is 9.45. The van der Waals surface area contributed by atoms with E-state index in [2.05, 4.69) is 0 Å². The minimum absolute atomic E-state index is 0.429. The third-order valence-electron chi connectivity index (χ3n) is 2.10. The van der Waals surface area contributed by atoms with Crippen molar-refractivity contribution in [3.8, 4) is 0 Å². The van der Waals surface area contributed by atoms with Crippen molar-refractivity contribution in [3.05, 3.63) is 21.9 Å². The molecule has 0 radical (unpaired) electrons. The first-order valence-corrected chi connectivity index (χ1v) is 6.97. The van der Waals surface area contributed by atoms with Crippen molar-refractivity contribution in [2.24, 2.45) is 0 Å². The van der Waals surface area contributed by atoms with Crippen LogP contribution in [0.3, 0.4) is 0 Å². The minimum Gasteiger partial charge on any atom is -0.195 e. The lowest BCUT2D eigenvalue weighted by Gasteiger charge is -2.22. The van der Waals surface area contributed by atoms with E-state index in [4.69, 9.17) is 10.7 Å². The summed E-state index contributed by atoms with van der Waals surface area (Å²) in [6, 6.07) is 2.04. The van der Waals surface area contributed by atoms with E-state index in [1.54, 1.807) is 11.3 Å². The van der Waals surface area contributed by atoms with E-state index in [0.717, 1.165) is 11.3 Å². The molecule has 2 heterocycles. The van der Waals surface area contributed by atoms with Gasteiger partial charge in [-0.1, -0.05) is 0 Å². The molecule has 3 nitrogen and oxygen atoms in total. The van der Waals surface area contributed by atoms with Gasteiger partial charge in [-0.3, -0.25) is 0 Å². The number of halogens is 1. The Morgan fingerprint density at radius 3 is 3.00 bits per heavy atom.